The number of Topliss-reactive ketones (excluding diaryl/α,β-unsaturated/α-hetero) is 1. The van der Waals surface area contributed by atoms with E-state index in [0.717, 1.165) is 6.26 Å². The summed E-state index contributed by atoms with van der Waals surface area (Å²) in [5.74, 6) is -1.68. The molecule has 0 rings (SSSR count). The summed E-state index contributed by atoms with van der Waals surface area (Å²) in [6, 6.07) is 0. The fourth-order valence-corrected chi connectivity index (χ4v) is 0.544. The first-order chi connectivity index (χ1) is 5.13. The van der Waals surface area contributed by atoms with Gasteiger partial charge in [-0.25, -0.2) is 4.79 Å². The second-order valence-corrected chi connectivity index (χ2v) is 1.85. The molecule has 0 aliphatic carbocycles. The Morgan fingerprint density at radius 3 is 2.36 bits per heavy atom. The van der Waals surface area contributed by atoms with Gasteiger partial charge in [-0.15, -0.1) is 0 Å². The molecular weight excluding hydrogens is 148 g/mol. The lowest BCUT2D eigenvalue weighted by Crippen LogP contribution is -2.11. The second kappa shape index (κ2) is 4.49. The maximum atomic E-state index is 10.8. The number of rotatable bonds is 4. The first-order valence-electron chi connectivity index (χ1n) is 3.13. The predicted molar refractivity (Wildman–Crippen MR) is 38.0 cm³/mol. The zero-order valence-corrected chi connectivity index (χ0v) is 6.46. The van der Waals surface area contributed by atoms with Crippen molar-refractivity contribution < 1.29 is 19.4 Å². The first-order valence-corrected chi connectivity index (χ1v) is 3.13. The Morgan fingerprint density at radius 1 is 1.55 bits per heavy atom. The number of carboxylic acids is 1. The number of ether oxygens (including phenoxy) is 1. The van der Waals surface area contributed by atoms with Gasteiger partial charge in [0.15, 0.2) is 5.78 Å². The first kappa shape index (κ1) is 9.68. The number of hydrogen-bond donors (Lipinski definition) is 1. The molecule has 0 radical (unpaired) electrons. The highest BCUT2D eigenvalue weighted by Crippen LogP contribution is 1.99. The van der Waals surface area contributed by atoms with E-state index in [1.54, 1.807) is 6.92 Å². The van der Waals surface area contributed by atoms with E-state index < -0.39 is 11.8 Å². The average Bonchev–Trinajstić information content (AvgIpc) is 1.98. The molecule has 0 atom stereocenters. The lowest BCUT2D eigenvalue weighted by Gasteiger charge is -1.96. The number of hydrogen-bond acceptors (Lipinski definition) is 3. The Bertz CT molecular complexity index is 193. The molecular formula is C7H10O4. The summed E-state index contributed by atoms with van der Waals surface area (Å²) in [6.45, 7) is 1.59. The van der Waals surface area contributed by atoms with Crippen LogP contribution in [0.25, 0.3) is 0 Å². The molecule has 11 heavy (non-hydrogen) atoms. The minimum absolute atomic E-state index is 0.168. The van der Waals surface area contributed by atoms with Gasteiger partial charge in [-0.3, -0.25) is 4.79 Å². The zero-order valence-electron chi connectivity index (χ0n) is 6.46. The number of methoxy groups -OCH3 is 1. The molecule has 0 saturated carbocycles. The molecule has 0 aliphatic heterocycles. The molecule has 4 nitrogen and oxygen atoms in total. The molecule has 0 spiro atoms. The quantitative estimate of drug-likeness (QED) is 0.281. The largest absolute Gasteiger partial charge is 0.503 e. The molecule has 0 amide bonds. The summed E-state index contributed by atoms with van der Waals surface area (Å²) < 4.78 is 4.42. The SMILES string of the molecule is CCC(=O)C(=COC)C(=O)O. The van der Waals surface area contributed by atoms with E-state index in [1.807, 2.05) is 0 Å². The molecule has 0 heterocycles. The summed E-state index contributed by atoms with van der Waals surface area (Å²) in [6.07, 6.45) is 1.11. The van der Waals surface area contributed by atoms with Crippen LogP contribution in [-0.4, -0.2) is 24.0 Å². The van der Waals surface area contributed by atoms with Gasteiger partial charge in [0.2, 0.25) is 0 Å². The highest BCUT2D eigenvalue weighted by atomic mass is 16.5. The topological polar surface area (TPSA) is 63.6 Å². The number of aliphatic carboxylic acids is 1. The Hall–Kier alpha value is -1.32. The minimum atomic E-state index is -1.25. The van der Waals surface area contributed by atoms with Gasteiger partial charge in [0.05, 0.1) is 7.11 Å². The molecule has 0 unspecified atom stereocenters. The predicted octanol–water partition coefficient (Wildman–Crippen LogP) is 0.580. The molecule has 0 saturated heterocycles. The fourth-order valence-electron chi connectivity index (χ4n) is 0.544. The van der Waals surface area contributed by atoms with Crippen molar-refractivity contribution in [1.29, 1.82) is 0 Å². The Kier molecular flexibility index (Phi) is 3.95. The van der Waals surface area contributed by atoms with Crippen LogP contribution in [-0.2, 0) is 14.3 Å². The van der Waals surface area contributed by atoms with Crippen molar-refractivity contribution in [2.75, 3.05) is 7.11 Å². The van der Waals surface area contributed by atoms with Gasteiger partial charge in [0.25, 0.3) is 0 Å². The van der Waals surface area contributed by atoms with E-state index >= 15 is 0 Å². The summed E-state index contributed by atoms with van der Waals surface area (Å²) >= 11 is 0. The maximum absolute atomic E-state index is 10.8. The smallest absolute Gasteiger partial charge is 0.342 e. The van der Waals surface area contributed by atoms with E-state index in [0.29, 0.717) is 0 Å². The number of carbonyl (C=O) groups excluding carboxylic acids is 1. The third-order valence-electron chi connectivity index (χ3n) is 1.09. The number of carboxylic acid groups (broad SMARTS) is 1. The van der Waals surface area contributed by atoms with Crippen LogP contribution in [0, 0.1) is 0 Å². The standard InChI is InChI=1S/C7H10O4/c1-3-6(8)5(4-11-2)7(9)10/h4H,3H2,1-2H3,(H,9,10). The normalized spacial score (nSPS) is 10.9. The van der Waals surface area contributed by atoms with Crippen molar-refractivity contribution in [3.05, 3.63) is 11.8 Å². The Balaban J connectivity index is 4.48. The summed E-state index contributed by atoms with van der Waals surface area (Å²) in [4.78, 5) is 21.1. The van der Waals surface area contributed by atoms with Gasteiger partial charge >= 0.3 is 5.97 Å². The minimum Gasteiger partial charge on any atom is -0.503 e. The van der Waals surface area contributed by atoms with Gasteiger partial charge < -0.3 is 9.84 Å². The Labute approximate surface area is 64.5 Å². The number of carbonyl (C=O) groups is 2. The van der Waals surface area contributed by atoms with E-state index in [1.165, 1.54) is 7.11 Å². The van der Waals surface area contributed by atoms with E-state index in [4.69, 9.17) is 5.11 Å². The summed E-state index contributed by atoms with van der Waals surface area (Å²) in [7, 11) is 1.30. The monoisotopic (exact) mass is 158 g/mol. The molecule has 62 valence electrons. The third kappa shape index (κ3) is 2.84. The Morgan fingerprint density at radius 2 is 2.09 bits per heavy atom. The van der Waals surface area contributed by atoms with Gasteiger partial charge in [-0.2, -0.15) is 0 Å². The van der Waals surface area contributed by atoms with Crippen molar-refractivity contribution in [3.8, 4) is 0 Å². The molecule has 0 aromatic carbocycles. The third-order valence-corrected chi connectivity index (χ3v) is 1.09. The van der Waals surface area contributed by atoms with E-state index in [9.17, 15) is 9.59 Å². The van der Waals surface area contributed by atoms with Crippen molar-refractivity contribution in [3.63, 3.8) is 0 Å². The van der Waals surface area contributed by atoms with E-state index in [2.05, 4.69) is 4.74 Å². The summed E-state index contributed by atoms with van der Waals surface area (Å²) in [5.41, 5.74) is -0.310. The van der Waals surface area contributed by atoms with Crippen molar-refractivity contribution in [2.24, 2.45) is 0 Å². The molecule has 4 heteroatoms. The van der Waals surface area contributed by atoms with E-state index in [-0.39, 0.29) is 12.0 Å². The second-order valence-electron chi connectivity index (χ2n) is 1.85. The lowest BCUT2D eigenvalue weighted by atomic mass is 10.1. The fraction of sp³-hybridized carbons (Fsp3) is 0.429. The highest BCUT2D eigenvalue weighted by molar-refractivity contribution is 6.16. The van der Waals surface area contributed by atoms with Crippen LogP contribution < -0.4 is 0 Å². The molecule has 0 aromatic rings. The van der Waals surface area contributed by atoms with Crippen LogP contribution >= 0.6 is 0 Å². The molecule has 0 fully saturated rings. The van der Waals surface area contributed by atoms with Gasteiger partial charge in [-0.1, -0.05) is 6.92 Å². The van der Waals surface area contributed by atoms with Crippen molar-refractivity contribution in [2.45, 2.75) is 13.3 Å². The van der Waals surface area contributed by atoms with Gasteiger partial charge in [0.1, 0.15) is 11.8 Å². The lowest BCUT2D eigenvalue weighted by molar-refractivity contribution is -0.134. The van der Waals surface area contributed by atoms with Crippen LogP contribution in [0.1, 0.15) is 13.3 Å². The van der Waals surface area contributed by atoms with Gasteiger partial charge in [0, 0.05) is 6.42 Å². The van der Waals surface area contributed by atoms with Gasteiger partial charge in [-0.05, 0) is 0 Å². The van der Waals surface area contributed by atoms with Crippen LogP contribution in [0.5, 0.6) is 0 Å². The van der Waals surface area contributed by atoms with Crippen LogP contribution in [0.15, 0.2) is 11.8 Å². The van der Waals surface area contributed by atoms with Crippen molar-refractivity contribution in [1.82, 2.24) is 0 Å². The van der Waals surface area contributed by atoms with Crippen molar-refractivity contribution >= 4 is 11.8 Å². The molecule has 0 aliphatic rings. The zero-order chi connectivity index (χ0) is 8.85. The molecule has 1 N–H and O–H groups in total. The van der Waals surface area contributed by atoms with Crippen LogP contribution in [0.2, 0.25) is 0 Å². The average molecular weight is 158 g/mol. The summed E-state index contributed by atoms with van der Waals surface area (Å²) in [5, 5.41) is 8.44. The molecule has 0 bridgehead atoms. The van der Waals surface area contributed by atoms with Crippen LogP contribution in [0.3, 0.4) is 0 Å². The number of ketones is 1. The maximum Gasteiger partial charge on any atom is 0.342 e. The molecule has 0 aromatic heterocycles. The van der Waals surface area contributed by atoms with Crippen LogP contribution in [0.4, 0.5) is 0 Å². The highest BCUT2D eigenvalue weighted by Gasteiger charge is 2.14.